The lowest BCUT2D eigenvalue weighted by Crippen LogP contribution is -2.40. The molecule has 1 saturated carbocycles. The molecule has 2 rings (SSSR count). The first kappa shape index (κ1) is 16.0. The lowest BCUT2D eigenvalue weighted by atomic mass is 10.0. The molecular formula is C16H28N4O. The van der Waals surface area contributed by atoms with E-state index in [0.717, 1.165) is 31.4 Å². The summed E-state index contributed by atoms with van der Waals surface area (Å²) in [5.41, 5.74) is 7.38. The van der Waals surface area contributed by atoms with Gasteiger partial charge in [-0.3, -0.25) is 9.48 Å². The second kappa shape index (κ2) is 6.18. The zero-order chi connectivity index (χ0) is 15.6. The Hall–Kier alpha value is -1.36. The third-order valence-corrected chi connectivity index (χ3v) is 4.36. The van der Waals surface area contributed by atoms with Gasteiger partial charge in [-0.15, -0.1) is 0 Å². The molecule has 1 aromatic heterocycles. The standard InChI is InChI=1S/C16H28N4O/c1-5-14-12(10-18-20(14)16(2,3)4)15(21)19-13-8-6-7-11(13)9-17/h10-11,13H,5-9,17H2,1-4H3,(H,19,21). The van der Waals surface area contributed by atoms with Gasteiger partial charge in [-0.2, -0.15) is 5.10 Å². The predicted molar refractivity (Wildman–Crippen MR) is 84.3 cm³/mol. The Morgan fingerprint density at radius 1 is 1.48 bits per heavy atom. The summed E-state index contributed by atoms with van der Waals surface area (Å²) in [4.78, 5) is 12.6. The predicted octanol–water partition coefficient (Wildman–Crippen LogP) is 2.06. The Morgan fingerprint density at radius 2 is 2.19 bits per heavy atom. The molecule has 0 saturated heterocycles. The molecule has 0 aromatic carbocycles. The smallest absolute Gasteiger partial charge is 0.254 e. The van der Waals surface area contributed by atoms with Crippen LogP contribution < -0.4 is 11.1 Å². The summed E-state index contributed by atoms with van der Waals surface area (Å²) >= 11 is 0. The minimum atomic E-state index is -0.114. The van der Waals surface area contributed by atoms with Gasteiger partial charge in [0.05, 0.1) is 23.0 Å². The Labute approximate surface area is 127 Å². The molecule has 21 heavy (non-hydrogen) atoms. The van der Waals surface area contributed by atoms with Crippen molar-refractivity contribution in [1.82, 2.24) is 15.1 Å². The van der Waals surface area contributed by atoms with Gasteiger partial charge in [0.1, 0.15) is 0 Å². The summed E-state index contributed by atoms with van der Waals surface area (Å²) in [5, 5.41) is 7.59. The van der Waals surface area contributed by atoms with Crippen molar-refractivity contribution in [3.05, 3.63) is 17.5 Å². The van der Waals surface area contributed by atoms with Crippen LogP contribution in [0.15, 0.2) is 6.20 Å². The summed E-state index contributed by atoms with van der Waals surface area (Å²) in [6, 6.07) is 0.213. The Balaban J connectivity index is 2.18. The number of hydrogen-bond acceptors (Lipinski definition) is 3. The van der Waals surface area contributed by atoms with Crippen LogP contribution in [0.4, 0.5) is 0 Å². The molecule has 0 radical (unpaired) electrons. The largest absolute Gasteiger partial charge is 0.349 e. The van der Waals surface area contributed by atoms with Crippen LogP contribution in [0.1, 0.15) is 63.0 Å². The van der Waals surface area contributed by atoms with Crippen LogP contribution in [0.5, 0.6) is 0 Å². The molecule has 1 fully saturated rings. The quantitative estimate of drug-likeness (QED) is 0.892. The lowest BCUT2D eigenvalue weighted by Gasteiger charge is -2.23. The fraction of sp³-hybridized carbons (Fsp3) is 0.750. The molecule has 0 bridgehead atoms. The van der Waals surface area contributed by atoms with Crippen molar-refractivity contribution < 1.29 is 4.79 Å². The fourth-order valence-corrected chi connectivity index (χ4v) is 3.24. The van der Waals surface area contributed by atoms with Crippen molar-refractivity contribution in [2.75, 3.05) is 6.54 Å². The Bertz CT molecular complexity index is 501. The number of hydrogen-bond donors (Lipinski definition) is 2. The number of rotatable bonds is 4. The zero-order valence-electron chi connectivity index (χ0n) is 13.6. The summed E-state index contributed by atoms with van der Waals surface area (Å²) in [6.45, 7) is 9.01. The normalized spacial score (nSPS) is 22.5. The number of amides is 1. The van der Waals surface area contributed by atoms with E-state index in [0.29, 0.717) is 18.0 Å². The molecule has 1 aliphatic rings. The molecule has 1 heterocycles. The molecule has 1 aromatic rings. The average Bonchev–Trinajstić information content (AvgIpc) is 3.02. The minimum Gasteiger partial charge on any atom is -0.349 e. The number of nitrogens with two attached hydrogens (primary N) is 1. The number of nitrogens with one attached hydrogen (secondary N) is 1. The molecule has 2 unspecified atom stereocenters. The van der Waals surface area contributed by atoms with Gasteiger partial charge >= 0.3 is 0 Å². The molecule has 2 atom stereocenters. The van der Waals surface area contributed by atoms with E-state index < -0.39 is 0 Å². The number of carbonyl (C=O) groups excluding carboxylic acids is 1. The maximum absolute atomic E-state index is 12.6. The van der Waals surface area contributed by atoms with Gasteiger partial charge in [-0.1, -0.05) is 13.3 Å². The van der Waals surface area contributed by atoms with Gasteiger partial charge in [-0.05, 0) is 52.5 Å². The highest BCUT2D eigenvalue weighted by molar-refractivity contribution is 5.95. The average molecular weight is 292 g/mol. The first-order valence-corrected chi connectivity index (χ1v) is 7.96. The van der Waals surface area contributed by atoms with Crippen LogP contribution in [-0.2, 0) is 12.0 Å². The summed E-state index contributed by atoms with van der Waals surface area (Å²) in [7, 11) is 0. The van der Waals surface area contributed by atoms with Crippen molar-refractivity contribution in [2.24, 2.45) is 11.7 Å². The third-order valence-electron chi connectivity index (χ3n) is 4.36. The van der Waals surface area contributed by atoms with Gasteiger partial charge in [0.15, 0.2) is 0 Å². The fourth-order valence-electron chi connectivity index (χ4n) is 3.24. The molecule has 5 heteroatoms. The Morgan fingerprint density at radius 3 is 2.76 bits per heavy atom. The van der Waals surface area contributed by atoms with E-state index in [2.05, 4.69) is 38.1 Å². The van der Waals surface area contributed by atoms with Crippen LogP contribution in [0, 0.1) is 5.92 Å². The first-order chi connectivity index (χ1) is 9.88. The molecule has 3 N–H and O–H groups in total. The lowest BCUT2D eigenvalue weighted by molar-refractivity contribution is 0.0927. The van der Waals surface area contributed by atoms with Crippen molar-refractivity contribution in [3.63, 3.8) is 0 Å². The first-order valence-electron chi connectivity index (χ1n) is 7.96. The molecular weight excluding hydrogens is 264 g/mol. The molecule has 0 spiro atoms. The van der Waals surface area contributed by atoms with E-state index in [-0.39, 0.29) is 17.5 Å². The van der Waals surface area contributed by atoms with Crippen molar-refractivity contribution in [1.29, 1.82) is 0 Å². The SMILES string of the molecule is CCc1c(C(=O)NC2CCCC2CN)cnn1C(C)(C)C. The van der Waals surface area contributed by atoms with Crippen molar-refractivity contribution in [3.8, 4) is 0 Å². The van der Waals surface area contributed by atoms with Crippen LogP contribution in [-0.4, -0.2) is 28.3 Å². The summed E-state index contributed by atoms with van der Waals surface area (Å²) < 4.78 is 1.96. The maximum Gasteiger partial charge on any atom is 0.254 e. The van der Waals surface area contributed by atoms with Crippen LogP contribution in [0.25, 0.3) is 0 Å². The van der Waals surface area contributed by atoms with Crippen LogP contribution in [0.2, 0.25) is 0 Å². The zero-order valence-corrected chi connectivity index (χ0v) is 13.6. The Kier molecular flexibility index (Phi) is 4.71. The molecule has 1 amide bonds. The second-order valence-corrected chi connectivity index (χ2v) is 6.95. The number of carbonyl (C=O) groups is 1. The highest BCUT2D eigenvalue weighted by Crippen LogP contribution is 2.25. The van der Waals surface area contributed by atoms with E-state index in [1.54, 1.807) is 6.20 Å². The summed E-state index contributed by atoms with van der Waals surface area (Å²) in [5.74, 6) is 0.407. The number of aromatic nitrogens is 2. The minimum absolute atomic E-state index is 0.00676. The van der Waals surface area contributed by atoms with E-state index >= 15 is 0 Å². The second-order valence-electron chi connectivity index (χ2n) is 6.95. The van der Waals surface area contributed by atoms with Gasteiger partial charge < -0.3 is 11.1 Å². The van der Waals surface area contributed by atoms with E-state index in [1.807, 2.05) is 4.68 Å². The molecule has 118 valence electrons. The van der Waals surface area contributed by atoms with Gasteiger partial charge in [0.2, 0.25) is 0 Å². The maximum atomic E-state index is 12.6. The van der Waals surface area contributed by atoms with E-state index in [4.69, 9.17) is 5.73 Å². The van der Waals surface area contributed by atoms with Crippen LogP contribution in [0.3, 0.4) is 0 Å². The summed E-state index contributed by atoms with van der Waals surface area (Å²) in [6.07, 6.45) is 5.79. The van der Waals surface area contributed by atoms with Gasteiger partial charge in [-0.25, -0.2) is 0 Å². The number of nitrogens with zero attached hydrogens (tertiary/aromatic N) is 2. The van der Waals surface area contributed by atoms with Crippen LogP contribution >= 0.6 is 0 Å². The molecule has 0 aliphatic heterocycles. The monoisotopic (exact) mass is 292 g/mol. The third kappa shape index (κ3) is 3.28. The van der Waals surface area contributed by atoms with E-state index in [1.165, 1.54) is 0 Å². The molecule has 5 nitrogen and oxygen atoms in total. The van der Waals surface area contributed by atoms with Crippen molar-refractivity contribution in [2.45, 2.75) is 65.0 Å². The van der Waals surface area contributed by atoms with Gasteiger partial charge in [0.25, 0.3) is 5.91 Å². The van der Waals surface area contributed by atoms with Gasteiger partial charge in [0, 0.05) is 6.04 Å². The highest BCUT2D eigenvalue weighted by Gasteiger charge is 2.29. The van der Waals surface area contributed by atoms with Crippen molar-refractivity contribution >= 4 is 5.91 Å². The topological polar surface area (TPSA) is 72.9 Å². The highest BCUT2D eigenvalue weighted by atomic mass is 16.1. The van der Waals surface area contributed by atoms with E-state index in [9.17, 15) is 4.79 Å². The molecule has 1 aliphatic carbocycles.